The number of piperidine rings is 1. The quantitative estimate of drug-likeness (QED) is 0.854. The van der Waals surface area contributed by atoms with E-state index < -0.39 is 0 Å². The molecule has 0 aromatic heterocycles. The Balaban J connectivity index is 1.60. The van der Waals surface area contributed by atoms with Crippen LogP contribution in [0.5, 0.6) is 5.75 Å². The van der Waals surface area contributed by atoms with Crippen LogP contribution in [0.3, 0.4) is 0 Å². The highest BCUT2D eigenvalue weighted by molar-refractivity contribution is 5.91. The van der Waals surface area contributed by atoms with E-state index in [1.165, 1.54) is 7.11 Å². The molecule has 0 unspecified atom stereocenters. The van der Waals surface area contributed by atoms with E-state index in [2.05, 4.69) is 5.32 Å². The smallest absolute Gasteiger partial charge is 0.321 e. The van der Waals surface area contributed by atoms with Crippen molar-refractivity contribution in [2.75, 3.05) is 32.6 Å². The summed E-state index contributed by atoms with van der Waals surface area (Å²) in [4.78, 5) is 26.1. The van der Waals surface area contributed by atoms with Crippen LogP contribution in [0.15, 0.2) is 12.1 Å². The van der Waals surface area contributed by atoms with Gasteiger partial charge in [0.2, 0.25) is 0 Å². The number of anilines is 1. The van der Waals surface area contributed by atoms with Crippen LogP contribution in [-0.2, 0) is 9.53 Å². The third kappa shape index (κ3) is 3.17. The van der Waals surface area contributed by atoms with Gasteiger partial charge in [0.05, 0.1) is 20.1 Å². The number of rotatable bonds is 3. The van der Waals surface area contributed by atoms with Crippen LogP contribution >= 0.6 is 0 Å². The van der Waals surface area contributed by atoms with Gasteiger partial charge in [-0.1, -0.05) is 6.07 Å². The van der Waals surface area contributed by atoms with Gasteiger partial charge in [-0.05, 0) is 50.2 Å². The Bertz CT molecular complexity index is 693. The van der Waals surface area contributed by atoms with E-state index in [9.17, 15) is 9.59 Å². The first-order chi connectivity index (χ1) is 11.9. The molecule has 3 rings (SSSR count). The second-order valence-electron chi connectivity index (χ2n) is 7.15. The van der Waals surface area contributed by atoms with E-state index in [0.717, 1.165) is 41.8 Å². The monoisotopic (exact) mass is 346 g/mol. The van der Waals surface area contributed by atoms with E-state index in [0.29, 0.717) is 13.1 Å². The lowest BCUT2D eigenvalue weighted by molar-refractivity contribution is -0.143. The molecule has 2 aliphatic rings. The second-order valence-corrected chi connectivity index (χ2v) is 7.15. The Morgan fingerprint density at radius 2 is 1.88 bits per heavy atom. The van der Waals surface area contributed by atoms with Crippen molar-refractivity contribution in [2.45, 2.75) is 33.1 Å². The fourth-order valence-electron chi connectivity index (χ4n) is 4.00. The van der Waals surface area contributed by atoms with E-state index in [-0.39, 0.29) is 23.3 Å². The van der Waals surface area contributed by atoms with Gasteiger partial charge >= 0.3 is 12.0 Å². The minimum Gasteiger partial charge on any atom is -0.496 e. The summed E-state index contributed by atoms with van der Waals surface area (Å²) in [5.74, 6) is 0.709. The van der Waals surface area contributed by atoms with Gasteiger partial charge in [-0.15, -0.1) is 0 Å². The molecule has 1 N–H and O–H groups in total. The van der Waals surface area contributed by atoms with Gasteiger partial charge < -0.3 is 19.7 Å². The fourth-order valence-corrected chi connectivity index (χ4v) is 4.00. The first-order valence-electron chi connectivity index (χ1n) is 8.70. The van der Waals surface area contributed by atoms with Gasteiger partial charge in [-0.25, -0.2) is 4.79 Å². The summed E-state index contributed by atoms with van der Waals surface area (Å²) in [6.07, 6.45) is 2.61. The molecule has 1 aliphatic heterocycles. The molecule has 1 saturated carbocycles. The third-order valence-electron chi connectivity index (χ3n) is 5.77. The molecule has 1 aliphatic carbocycles. The number of nitrogens with one attached hydrogen (secondary N) is 1. The molecular weight excluding hydrogens is 320 g/mol. The van der Waals surface area contributed by atoms with Crippen molar-refractivity contribution in [3.05, 3.63) is 23.3 Å². The number of likely N-dealkylation sites (tertiary alicyclic amines) is 1. The Labute approximate surface area is 148 Å². The number of hydrogen-bond acceptors (Lipinski definition) is 4. The molecule has 2 fully saturated rings. The third-order valence-corrected chi connectivity index (χ3v) is 5.77. The summed E-state index contributed by atoms with van der Waals surface area (Å²) in [7, 11) is 3.08. The number of hydrogen-bond donors (Lipinski definition) is 1. The number of amides is 2. The summed E-state index contributed by atoms with van der Waals surface area (Å²) < 4.78 is 10.3. The molecule has 0 radical (unpaired) electrons. The zero-order chi connectivity index (χ0) is 18.2. The van der Waals surface area contributed by atoms with Crippen molar-refractivity contribution in [1.82, 2.24) is 4.90 Å². The van der Waals surface area contributed by atoms with Crippen LogP contribution in [0.25, 0.3) is 0 Å². The van der Waals surface area contributed by atoms with E-state index in [1.807, 2.05) is 30.9 Å². The molecule has 1 saturated heterocycles. The highest BCUT2D eigenvalue weighted by atomic mass is 16.5. The lowest BCUT2D eigenvalue weighted by atomic mass is 9.91. The number of urea groups is 1. The van der Waals surface area contributed by atoms with Gasteiger partial charge in [0.25, 0.3) is 0 Å². The molecule has 1 spiro atoms. The van der Waals surface area contributed by atoms with Gasteiger partial charge in [0.1, 0.15) is 5.75 Å². The van der Waals surface area contributed by atoms with Gasteiger partial charge in [0, 0.05) is 24.3 Å². The molecule has 1 aromatic carbocycles. The van der Waals surface area contributed by atoms with Crippen LogP contribution in [0.2, 0.25) is 0 Å². The van der Waals surface area contributed by atoms with Crippen LogP contribution in [0.1, 0.15) is 30.4 Å². The van der Waals surface area contributed by atoms with Gasteiger partial charge in [0.15, 0.2) is 0 Å². The maximum Gasteiger partial charge on any atom is 0.321 e. The molecule has 6 heteroatoms. The predicted octanol–water partition coefficient (Wildman–Crippen LogP) is 3.12. The SMILES string of the molecule is COC(=O)[C@@H]1CC12CCN(C(=O)Nc1ccc(C)c(OC)c1C)CC2. The standard InChI is InChI=1S/C19H26N2O4/c1-12-5-6-15(13(2)16(12)24-3)20-18(23)21-9-7-19(8-10-21)11-14(19)17(22)25-4/h5-6,14H,7-11H2,1-4H3,(H,20,23)/t14-/m0/s1. The number of methoxy groups -OCH3 is 2. The average molecular weight is 346 g/mol. The molecule has 2 amide bonds. The first-order valence-corrected chi connectivity index (χ1v) is 8.70. The maximum absolute atomic E-state index is 12.6. The minimum atomic E-state index is -0.111. The molecule has 1 heterocycles. The molecule has 6 nitrogen and oxygen atoms in total. The molecule has 136 valence electrons. The number of carbonyl (C=O) groups excluding carboxylic acids is 2. The normalized spacial score (nSPS) is 21.0. The number of nitrogens with zero attached hydrogens (tertiary/aromatic N) is 1. The van der Waals surface area contributed by atoms with Crippen LogP contribution in [-0.4, -0.2) is 44.2 Å². The van der Waals surface area contributed by atoms with Crippen LogP contribution in [0, 0.1) is 25.2 Å². The lowest BCUT2D eigenvalue weighted by Crippen LogP contribution is -2.42. The van der Waals surface area contributed by atoms with Crippen molar-refractivity contribution in [3.8, 4) is 5.75 Å². The Hall–Kier alpha value is -2.24. The van der Waals surface area contributed by atoms with Crippen LogP contribution in [0.4, 0.5) is 10.5 Å². The number of carbonyl (C=O) groups is 2. The minimum absolute atomic E-state index is 0.0197. The highest BCUT2D eigenvalue weighted by Crippen LogP contribution is 2.59. The highest BCUT2D eigenvalue weighted by Gasteiger charge is 2.59. The molecule has 25 heavy (non-hydrogen) atoms. The molecule has 1 atom stereocenters. The predicted molar refractivity (Wildman–Crippen MR) is 94.8 cm³/mol. The second kappa shape index (κ2) is 6.58. The molecule has 1 aromatic rings. The zero-order valence-electron chi connectivity index (χ0n) is 15.3. The van der Waals surface area contributed by atoms with Crippen molar-refractivity contribution in [2.24, 2.45) is 11.3 Å². The summed E-state index contributed by atoms with van der Waals surface area (Å²) in [5.41, 5.74) is 2.80. The fraction of sp³-hybridized carbons (Fsp3) is 0.579. The first kappa shape index (κ1) is 17.6. The van der Waals surface area contributed by atoms with Crippen molar-refractivity contribution in [3.63, 3.8) is 0 Å². The van der Waals surface area contributed by atoms with Crippen molar-refractivity contribution < 1.29 is 19.1 Å². The number of benzene rings is 1. The Morgan fingerprint density at radius 3 is 2.48 bits per heavy atom. The van der Waals surface area contributed by atoms with Crippen molar-refractivity contribution >= 4 is 17.7 Å². The number of ether oxygens (including phenoxy) is 2. The molecule has 0 bridgehead atoms. The zero-order valence-corrected chi connectivity index (χ0v) is 15.3. The summed E-state index contributed by atoms with van der Waals surface area (Å²) in [6.45, 7) is 5.26. The van der Waals surface area contributed by atoms with E-state index in [4.69, 9.17) is 9.47 Å². The largest absolute Gasteiger partial charge is 0.496 e. The summed E-state index contributed by atoms with van der Waals surface area (Å²) >= 11 is 0. The van der Waals surface area contributed by atoms with E-state index in [1.54, 1.807) is 7.11 Å². The van der Waals surface area contributed by atoms with E-state index >= 15 is 0 Å². The molecular formula is C19H26N2O4. The Kier molecular flexibility index (Phi) is 4.62. The van der Waals surface area contributed by atoms with Crippen molar-refractivity contribution in [1.29, 1.82) is 0 Å². The average Bonchev–Trinajstić information content (AvgIpc) is 3.31. The topological polar surface area (TPSA) is 67.9 Å². The summed E-state index contributed by atoms with van der Waals surface area (Å²) in [6, 6.07) is 3.75. The van der Waals surface area contributed by atoms with Crippen LogP contribution < -0.4 is 10.1 Å². The lowest BCUT2D eigenvalue weighted by Gasteiger charge is -2.33. The summed E-state index contributed by atoms with van der Waals surface area (Å²) in [5, 5.41) is 2.99. The number of esters is 1. The number of aryl methyl sites for hydroxylation is 1. The Morgan fingerprint density at radius 1 is 1.20 bits per heavy atom. The van der Waals surface area contributed by atoms with Gasteiger partial charge in [-0.3, -0.25) is 4.79 Å². The maximum atomic E-state index is 12.6. The van der Waals surface area contributed by atoms with Gasteiger partial charge in [-0.2, -0.15) is 0 Å².